The normalized spacial score (nSPS) is 11.8. The van der Waals surface area contributed by atoms with Crippen molar-refractivity contribution in [3.05, 3.63) is 23.9 Å². The highest BCUT2D eigenvalue weighted by atomic mass is 32.2. The summed E-state index contributed by atoms with van der Waals surface area (Å²) >= 11 is 0. The molecule has 0 spiro atoms. The van der Waals surface area contributed by atoms with Crippen LogP contribution in [0.15, 0.2) is 18.3 Å². The molecule has 5 nitrogen and oxygen atoms in total. The van der Waals surface area contributed by atoms with Crippen LogP contribution in [0.3, 0.4) is 0 Å². The van der Waals surface area contributed by atoms with E-state index in [0.29, 0.717) is 5.88 Å². The maximum atomic E-state index is 11.5. The molecule has 0 unspecified atom stereocenters. The van der Waals surface area contributed by atoms with Crippen LogP contribution >= 0.6 is 0 Å². The predicted octanol–water partition coefficient (Wildman–Crippen LogP) is 0.918. The van der Waals surface area contributed by atoms with E-state index in [1.165, 1.54) is 7.11 Å². The summed E-state index contributed by atoms with van der Waals surface area (Å²) in [5.74, 6) is 0.473. The van der Waals surface area contributed by atoms with Gasteiger partial charge >= 0.3 is 0 Å². The first-order valence-electron chi connectivity index (χ1n) is 4.93. The van der Waals surface area contributed by atoms with Gasteiger partial charge in [-0.05, 0) is 25.5 Å². The third kappa shape index (κ3) is 3.46. The molecule has 1 aromatic rings. The van der Waals surface area contributed by atoms with Gasteiger partial charge in [0.15, 0.2) is 0 Å². The molecule has 0 aliphatic carbocycles. The summed E-state index contributed by atoms with van der Waals surface area (Å²) in [7, 11) is -1.71. The lowest BCUT2D eigenvalue weighted by atomic mass is 10.3. The average molecular weight is 244 g/mol. The second-order valence-corrected chi connectivity index (χ2v) is 5.94. The molecular weight excluding hydrogens is 228 g/mol. The Morgan fingerprint density at radius 1 is 1.50 bits per heavy atom. The number of sulfonamides is 1. The largest absolute Gasteiger partial charge is 0.481 e. The number of pyridine rings is 1. The maximum absolute atomic E-state index is 11.5. The van der Waals surface area contributed by atoms with E-state index >= 15 is 0 Å². The molecule has 6 heteroatoms. The topological polar surface area (TPSA) is 68.3 Å². The Hall–Kier alpha value is -1.14. The van der Waals surface area contributed by atoms with Gasteiger partial charge in [0, 0.05) is 18.8 Å². The zero-order valence-corrected chi connectivity index (χ0v) is 10.4. The quantitative estimate of drug-likeness (QED) is 0.836. The van der Waals surface area contributed by atoms with Crippen molar-refractivity contribution in [3.63, 3.8) is 0 Å². The highest BCUT2D eigenvalue weighted by Gasteiger charge is 2.14. The third-order valence-corrected chi connectivity index (χ3v) is 3.89. The van der Waals surface area contributed by atoms with Crippen molar-refractivity contribution in [2.45, 2.75) is 25.6 Å². The molecule has 0 saturated heterocycles. The Labute approximate surface area is 95.9 Å². The maximum Gasteiger partial charge on any atom is 0.214 e. The van der Waals surface area contributed by atoms with Gasteiger partial charge in [-0.3, -0.25) is 0 Å². The molecule has 90 valence electrons. The van der Waals surface area contributed by atoms with Crippen molar-refractivity contribution in [2.75, 3.05) is 7.11 Å². The Bertz CT molecular complexity index is 443. The average Bonchev–Trinajstić information content (AvgIpc) is 2.26. The molecule has 0 aromatic carbocycles. The first-order valence-corrected chi connectivity index (χ1v) is 6.47. The zero-order chi connectivity index (χ0) is 12.2. The first kappa shape index (κ1) is 12.9. The van der Waals surface area contributed by atoms with Crippen molar-refractivity contribution >= 4 is 10.0 Å². The van der Waals surface area contributed by atoms with Crippen molar-refractivity contribution in [2.24, 2.45) is 0 Å². The summed E-state index contributed by atoms with van der Waals surface area (Å²) in [6.45, 7) is 3.52. The van der Waals surface area contributed by atoms with E-state index in [-0.39, 0.29) is 6.54 Å². The Balaban J connectivity index is 2.68. The molecule has 1 aromatic heterocycles. The van der Waals surface area contributed by atoms with E-state index in [1.54, 1.807) is 32.2 Å². The van der Waals surface area contributed by atoms with Crippen LogP contribution in [-0.2, 0) is 16.6 Å². The summed E-state index contributed by atoms with van der Waals surface area (Å²) in [6.07, 6.45) is 1.58. The highest BCUT2D eigenvalue weighted by molar-refractivity contribution is 7.90. The second kappa shape index (κ2) is 5.27. The van der Waals surface area contributed by atoms with E-state index in [4.69, 9.17) is 4.74 Å². The van der Waals surface area contributed by atoms with E-state index in [1.807, 2.05) is 0 Å². The van der Waals surface area contributed by atoms with Gasteiger partial charge in [0.25, 0.3) is 0 Å². The number of nitrogens with zero attached hydrogens (tertiary/aromatic N) is 1. The Morgan fingerprint density at radius 3 is 2.75 bits per heavy atom. The predicted molar refractivity (Wildman–Crippen MR) is 61.7 cm³/mol. The van der Waals surface area contributed by atoms with Crippen LogP contribution < -0.4 is 9.46 Å². The fourth-order valence-corrected chi connectivity index (χ4v) is 1.72. The number of hydrogen-bond donors (Lipinski definition) is 1. The van der Waals surface area contributed by atoms with Crippen molar-refractivity contribution < 1.29 is 13.2 Å². The lowest BCUT2D eigenvalue weighted by Gasteiger charge is -2.09. The van der Waals surface area contributed by atoms with Gasteiger partial charge in [-0.2, -0.15) is 0 Å². The molecule has 0 aliphatic heterocycles. The second-order valence-electron chi connectivity index (χ2n) is 3.62. The number of rotatable bonds is 5. The fraction of sp³-hybridized carbons (Fsp3) is 0.500. The smallest absolute Gasteiger partial charge is 0.214 e. The van der Waals surface area contributed by atoms with Gasteiger partial charge < -0.3 is 4.74 Å². The lowest BCUT2D eigenvalue weighted by molar-refractivity contribution is 0.397. The van der Waals surface area contributed by atoms with Gasteiger partial charge in [-0.25, -0.2) is 18.1 Å². The van der Waals surface area contributed by atoms with Crippen molar-refractivity contribution in [3.8, 4) is 5.88 Å². The van der Waals surface area contributed by atoms with Crippen LogP contribution in [0.25, 0.3) is 0 Å². The molecule has 1 N–H and O–H groups in total. The van der Waals surface area contributed by atoms with Crippen LogP contribution in [0, 0.1) is 0 Å². The molecule has 16 heavy (non-hydrogen) atoms. The molecule has 1 heterocycles. The number of ether oxygens (including phenoxy) is 1. The van der Waals surface area contributed by atoms with Gasteiger partial charge in [0.1, 0.15) is 0 Å². The Morgan fingerprint density at radius 2 is 2.19 bits per heavy atom. The minimum atomic E-state index is -3.23. The summed E-state index contributed by atoms with van der Waals surface area (Å²) in [5, 5.41) is -0.434. The lowest BCUT2D eigenvalue weighted by Crippen LogP contribution is -2.30. The standard InChI is InChI=1S/C10H16N2O3S/c1-8(2)16(13,14)12-7-9-4-5-11-10(6-9)15-3/h4-6,8,12H,7H2,1-3H3. The van der Waals surface area contributed by atoms with Crippen LogP contribution in [0.5, 0.6) is 5.88 Å². The zero-order valence-electron chi connectivity index (χ0n) is 9.60. The molecule has 0 bridgehead atoms. The molecule has 0 radical (unpaired) electrons. The summed E-state index contributed by atoms with van der Waals surface area (Å²) < 4.78 is 30.5. The van der Waals surface area contributed by atoms with Gasteiger partial charge in [-0.15, -0.1) is 0 Å². The van der Waals surface area contributed by atoms with Crippen LogP contribution in [-0.4, -0.2) is 25.8 Å². The highest BCUT2D eigenvalue weighted by Crippen LogP contribution is 2.09. The molecule has 0 amide bonds. The van der Waals surface area contributed by atoms with E-state index in [9.17, 15) is 8.42 Å². The third-order valence-electron chi connectivity index (χ3n) is 2.11. The molecule has 0 aliphatic rings. The Kier molecular flexibility index (Phi) is 4.26. The molecule has 0 saturated carbocycles. The monoisotopic (exact) mass is 244 g/mol. The van der Waals surface area contributed by atoms with E-state index < -0.39 is 15.3 Å². The fourth-order valence-electron chi connectivity index (χ4n) is 1.02. The van der Waals surface area contributed by atoms with Crippen LogP contribution in [0.1, 0.15) is 19.4 Å². The summed E-state index contributed by atoms with van der Waals surface area (Å²) in [5.41, 5.74) is 0.816. The van der Waals surface area contributed by atoms with E-state index in [2.05, 4.69) is 9.71 Å². The van der Waals surface area contributed by atoms with Crippen molar-refractivity contribution in [1.82, 2.24) is 9.71 Å². The minimum Gasteiger partial charge on any atom is -0.481 e. The number of hydrogen-bond acceptors (Lipinski definition) is 4. The summed E-state index contributed by atoms with van der Waals surface area (Å²) in [4.78, 5) is 3.94. The van der Waals surface area contributed by atoms with E-state index in [0.717, 1.165) is 5.56 Å². The number of methoxy groups -OCH3 is 1. The minimum absolute atomic E-state index is 0.249. The van der Waals surface area contributed by atoms with Gasteiger partial charge in [-0.1, -0.05) is 0 Å². The number of aromatic nitrogens is 1. The van der Waals surface area contributed by atoms with Crippen molar-refractivity contribution in [1.29, 1.82) is 0 Å². The SMILES string of the molecule is COc1cc(CNS(=O)(=O)C(C)C)ccn1. The molecule has 1 rings (SSSR count). The van der Waals surface area contributed by atoms with Crippen LogP contribution in [0.2, 0.25) is 0 Å². The molecule has 0 fully saturated rings. The van der Waals surface area contributed by atoms with Gasteiger partial charge in [0.05, 0.1) is 12.4 Å². The number of nitrogens with one attached hydrogen (secondary N) is 1. The first-order chi connectivity index (χ1) is 7.45. The molecule has 0 atom stereocenters. The van der Waals surface area contributed by atoms with Gasteiger partial charge in [0.2, 0.25) is 15.9 Å². The summed E-state index contributed by atoms with van der Waals surface area (Å²) in [6, 6.07) is 3.44. The van der Waals surface area contributed by atoms with Crippen LogP contribution in [0.4, 0.5) is 0 Å². The molecular formula is C10H16N2O3S.